The van der Waals surface area contributed by atoms with Crippen molar-refractivity contribution in [3.8, 4) is 6.07 Å². The molecule has 1 saturated carbocycles. The Morgan fingerprint density at radius 3 is 2.82 bits per heavy atom. The maximum absolute atomic E-state index is 10.4. The van der Waals surface area contributed by atoms with Crippen LogP contribution in [0.4, 0.5) is 0 Å². The molecule has 1 aromatic rings. The van der Waals surface area contributed by atoms with Crippen molar-refractivity contribution < 1.29 is 5.11 Å². The summed E-state index contributed by atoms with van der Waals surface area (Å²) in [5, 5.41) is 22.3. The Morgan fingerprint density at radius 1 is 1.65 bits per heavy atom. The van der Waals surface area contributed by atoms with Gasteiger partial charge in [-0.2, -0.15) is 5.26 Å². The first-order chi connectivity index (χ1) is 8.22. The Morgan fingerprint density at radius 2 is 2.35 bits per heavy atom. The van der Waals surface area contributed by atoms with Gasteiger partial charge in [0.15, 0.2) is 0 Å². The molecule has 2 rings (SSSR count). The summed E-state index contributed by atoms with van der Waals surface area (Å²) in [5.41, 5.74) is -0.608. The number of nitriles is 1. The zero-order chi connectivity index (χ0) is 12.3. The molecule has 0 aliphatic heterocycles. The number of nitrogens with zero attached hydrogens (tertiary/aromatic N) is 2. The van der Waals surface area contributed by atoms with E-state index in [9.17, 15) is 10.4 Å². The fourth-order valence-corrected chi connectivity index (χ4v) is 3.39. The lowest BCUT2D eigenvalue weighted by Crippen LogP contribution is -2.32. The van der Waals surface area contributed by atoms with Crippen LogP contribution in [0.1, 0.15) is 50.1 Å². The summed E-state index contributed by atoms with van der Waals surface area (Å²) in [5.74, 6) is 0.722. The molecule has 1 unspecified atom stereocenters. The molecule has 0 amide bonds. The minimum Gasteiger partial charge on any atom is -0.384 e. The van der Waals surface area contributed by atoms with Gasteiger partial charge in [0.2, 0.25) is 0 Å². The SMILES string of the molecule is CCC1CCC(C#N)(C(O)c2nccs2)CC1. The van der Waals surface area contributed by atoms with E-state index in [4.69, 9.17) is 0 Å². The lowest BCUT2D eigenvalue weighted by molar-refractivity contribution is 0.0241. The molecule has 0 radical (unpaired) electrons. The third kappa shape index (κ3) is 2.36. The summed E-state index contributed by atoms with van der Waals surface area (Å²) in [6.45, 7) is 2.20. The summed E-state index contributed by atoms with van der Waals surface area (Å²) in [6, 6.07) is 2.37. The van der Waals surface area contributed by atoms with Gasteiger partial charge in [-0.3, -0.25) is 0 Å². The Bertz CT molecular complexity index is 388. The standard InChI is InChI=1S/C13H18N2OS/c1-2-10-3-5-13(9-14,6-4-10)11(16)12-15-7-8-17-12/h7-8,10-11,16H,2-6H2,1H3. The number of aromatic nitrogens is 1. The third-order valence-electron chi connectivity index (χ3n) is 4.01. The molecule has 1 N–H and O–H groups in total. The number of aliphatic hydroxyl groups excluding tert-OH is 1. The molecule has 92 valence electrons. The van der Waals surface area contributed by atoms with Crippen LogP contribution in [0.15, 0.2) is 11.6 Å². The van der Waals surface area contributed by atoms with Gasteiger partial charge in [0, 0.05) is 11.6 Å². The van der Waals surface area contributed by atoms with Gasteiger partial charge in [-0.15, -0.1) is 11.3 Å². The van der Waals surface area contributed by atoms with Crippen molar-refractivity contribution in [2.75, 3.05) is 0 Å². The second kappa shape index (κ2) is 5.16. The Kier molecular flexibility index (Phi) is 3.80. The molecule has 1 fully saturated rings. The van der Waals surface area contributed by atoms with Crippen LogP contribution in [-0.4, -0.2) is 10.1 Å². The van der Waals surface area contributed by atoms with Crippen molar-refractivity contribution in [3.05, 3.63) is 16.6 Å². The van der Waals surface area contributed by atoms with E-state index in [0.717, 1.165) is 31.6 Å². The molecule has 1 aliphatic rings. The summed E-state index contributed by atoms with van der Waals surface area (Å²) in [6.07, 6.45) is 5.83. The highest BCUT2D eigenvalue weighted by Crippen LogP contribution is 2.47. The fourth-order valence-electron chi connectivity index (χ4n) is 2.65. The molecule has 17 heavy (non-hydrogen) atoms. The van der Waals surface area contributed by atoms with Gasteiger partial charge in [-0.25, -0.2) is 4.98 Å². The average molecular weight is 250 g/mol. The summed E-state index contributed by atoms with van der Waals surface area (Å²) < 4.78 is 0. The second-order valence-electron chi connectivity index (χ2n) is 4.89. The molecule has 0 aromatic carbocycles. The van der Waals surface area contributed by atoms with Gasteiger partial charge in [-0.05, 0) is 31.6 Å². The number of thiazole rings is 1. The zero-order valence-corrected chi connectivity index (χ0v) is 10.9. The van der Waals surface area contributed by atoms with Gasteiger partial charge < -0.3 is 5.11 Å². The molecule has 1 aliphatic carbocycles. The van der Waals surface area contributed by atoms with Crippen LogP contribution in [0.25, 0.3) is 0 Å². The number of aliphatic hydroxyl groups is 1. The number of rotatable bonds is 3. The molecule has 1 atom stereocenters. The second-order valence-corrected chi connectivity index (χ2v) is 5.82. The van der Waals surface area contributed by atoms with Crippen LogP contribution in [0, 0.1) is 22.7 Å². The first-order valence-corrected chi connectivity index (χ1v) is 7.08. The predicted molar refractivity (Wildman–Crippen MR) is 67.4 cm³/mol. The van der Waals surface area contributed by atoms with Crippen LogP contribution in [0.5, 0.6) is 0 Å². The van der Waals surface area contributed by atoms with Crippen molar-refractivity contribution >= 4 is 11.3 Å². The number of hydrogen-bond acceptors (Lipinski definition) is 4. The van der Waals surface area contributed by atoms with E-state index in [0.29, 0.717) is 5.01 Å². The number of hydrogen-bond donors (Lipinski definition) is 1. The highest BCUT2D eigenvalue weighted by molar-refractivity contribution is 7.09. The smallest absolute Gasteiger partial charge is 0.124 e. The zero-order valence-electron chi connectivity index (χ0n) is 10.1. The van der Waals surface area contributed by atoms with Crippen molar-refractivity contribution in [1.82, 2.24) is 4.98 Å². The van der Waals surface area contributed by atoms with Crippen LogP contribution >= 0.6 is 11.3 Å². The highest BCUT2D eigenvalue weighted by Gasteiger charge is 2.43. The summed E-state index contributed by atoms with van der Waals surface area (Å²) in [4.78, 5) is 4.14. The normalized spacial score (nSPS) is 30.8. The Balaban J connectivity index is 2.14. The molecule has 1 heterocycles. The summed E-state index contributed by atoms with van der Waals surface area (Å²) >= 11 is 1.43. The van der Waals surface area contributed by atoms with Crippen LogP contribution in [0.3, 0.4) is 0 Å². The largest absolute Gasteiger partial charge is 0.384 e. The maximum Gasteiger partial charge on any atom is 0.124 e. The predicted octanol–water partition coefficient (Wildman–Crippen LogP) is 3.29. The van der Waals surface area contributed by atoms with Gasteiger partial charge in [0.25, 0.3) is 0 Å². The molecule has 1 aromatic heterocycles. The highest BCUT2D eigenvalue weighted by atomic mass is 32.1. The lowest BCUT2D eigenvalue weighted by Gasteiger charge is -2.37. The fraction of sp³-hybridized carbons (Fsp3) is 0.692. The van der Waals surface area contributed by atoms with Gasteiger partial charge in [0.05, 0.1) is 11.5 Å². The maximum atomic E-state index is 10.4. The summed E-state index contributed by atoms with van der Waals surface area (Å²) in [7, 11) is 0. The van der Waals surface area contributed by atoms with Crippen molar-refractivity contribution in [2.45, 2.75) is 45.1 Å². The van der Waals surface area contributed by atoms with Gasteiger partial charge in [-0.1, -0.05) is 13.3 Å². The van der Waals surface area contributed by atoms with Crippen molar-refractivity contribution in [1.29, 1.82) is 5.26 Å². The molecule has 0 bridgehead atoms. The van der Waals surface area contributed by atoms with E-state index in [1.54, 1.807) is 6.20 Å². The van der Waals surface area contributed by atoms with E-state index < -0.39 is 11.5 Å². The monoisotopic (exact) mass is 250 g/mol. The van der Waals surface area contributed by atoms with Crippen LogP contribution in [0.2, 0.25) is 0 Å². The van der Waals surface area contributed by atoms with E-state index in [-0.39, 0.29) is 0 Å². The molecule has 0 saturated heterocycles. The van der Waals surface area contributed by atoms with E-state index >= 15 is 0 Å². The first kappa shape index (κ1) is 12.5. The van der Waals surface area contributed by atoms with Crippen LogP contribution in [-0.2, 0) is 0 Å². The van der Waals surface area contributed by atoms with Crippen molar-refractivity contribution in [3.63, 3.8) is 0 Å². The molecular formula is C13H18N2OS. The molecular weight excluding hydrogens is 232 g/mol. The Labute approximate surface area is 106 Å². The van der Waals surface area contributed by atoms with Gasteiger partial charge >= 0.3 is 0 Å². The molecule has 4 heteroatoms. The lowest BCUT2D eigenvalue weighted by atomic mass is 9.68. The van der Waals surface area contributed by atoms with E-state index in [1.807, 2.05) is 5.38 Å². The van der Waals surface area contributed by atoms with Crippen molar-refractivity contribution in [2.24, 2.45) is 11.3 Å². The third-order valence-corrected chi connectivity index (χ3v) is 4.83. The van der Waals surface area contributed by atoms with E-state index in [2.05, 4.69) is 18.0 Å². The van der Waals surface area contributed by atoms with Gasteiger partial charge in [0.1, 0.15) is 11.1 Å². The first-order valence-electron chi connectivity index (χ1n) is 6.20. The molecule has 0 spiro atoms. The van der Waals surface area contributed by atoms with Crippen LogP contribution < -0.4 is 0 Å². The quantitative estimate of drug-likeness (QED) is 0.895. The molecule has 3 nitrogen and oxygen atoms in total. The minimum atomic E-state index is -0.717. The van der Waals surface area contributed by atoms with E-state index in [1.165, 1.54) is 17.8 Å². The average Bonchev–Trinajstić information content (AvgIpc) is 2.92. The minimum absolute atomic E-state index is 0.608. The topological polar surface area (TPSA) is 56.9 Å². The Hall–Kier alpha value is -0.920.